The number of ether oxygens (including phenoxy) is 1. The lowest BCUT2D eigenvalue weighted by molar-refractivity contribution is 0.205. The van der Waals surface area contributed by atoms with E-state index in [1.807, 2.05) is 6.33 Å². The number of rotatable bonds is 3. The minimum Gasteiger partial charge on any atom is -0.491 e. The average Bonchev–Trinajstić information content (AvgIpc) is 3.33. The third-order valence-electron chi connectivity index (χ3n) is 4.62. The molecule has 2 amide bonds. The van der Waals surface area contributed by atoms with E-state index in [4.69, 9.17) is 0 Å². The summed E-state index contributed by atoms with van der Waals surface area (Å²) in [6, 6.07) is 2.23. The monoisotopic (exact) mass is 348 g/mol. The summed E-state index contributed by atoms with van der Waals surface area (Å²) < 4.78 is 34.3. The van der Waals surface area contributed by atoms with Crippen LogP contribution in [0.25, 0.3) is 0 Å². The van der Waals surface area contributed by atoms with Crippen molar-refractivity contribution in [1.29, 1.82) is 0 Å². The molecular weight excluding hydrogens is 330 g/mol. The molecule has 0 spiro atoms. The first kappa shape index (κ1) is 15.9. The maximum atomic E-state index is 13.7. The first-order chi connectivity index (χ1) is 12.1. The molecule has 1 aliphatic heterocycles. The zero-order chi connectivity index (χ0) is 17.6. The molecule has 1 fully saturated rings. The number of anilines is 1. The number of benzene rings is 1. The normalized spacial score (nSPS) is 16.5. The van der Waals surface area contributed by atoms with Crippen molar-refractivity contribution >= 4 is 11.7 Å². The predicted molar refractivity (Wildman–Crippen MR) is 86.5 cm³/mol. The van der Waals surface area contributed by atoms with Crippen LogP contribution in [-0.2, 0) is 13.0 Å². The van der Waals surface area contributed by atoms with Gasteiger partial charge in [-0.05, 0) is 12.8 Å². The van der Waals surface area contributed by atoms with Gasteiger partial charge in [0.1, 0.15) is 0 Å². The Morgan fingerprint density at radius 2 is 2.04 bits per heavy atom. The Bertz CT molecular complexity index is 809. The molecule has 1 aromatic heterocycles. The van der Waals surface area contributed by atoms with Crippen LogP contribution in [0.3, 0.4) is 0 Å². The minimum atomic E-state index is -0.859. The van der Waals surface area contributed by atoms with E-state index in [1.54, 1.807) is 4.90 Å². The quantitative estimate of drug-likeness (QED) is 0.927. The largest absolute Gasteiger partial charge is 0.491 e. The fourth-order valence-electron chi connectivity index (χ4n) is 3.20. The molecule has 0 radical (unpaired) electrons. The highest BCUT2D eigenvalue weighted by Gasteiger charge is 2.30. The van der Waals surface area contributed by atoms with Gasteiger partial charge in [-0.25, -0.2) is 18.6 Å². The van der Waals surface area contributed by atoms with Crippen LogP contribution >= 0.6 is 0 Å². The number of nitrogens with zero attached hydrogens (tertiary/aromatic N) is 3. The summed E-state index contributed by atoms with van der Waals surface area (Å²) >= 11 is 0. The molecule has 1 aliphatic carbocycles. The molecule has 2 aromatic rings. The zero-order valence-corrected chi connectivity index (χ0v) is 13.8. The first-order valence-corrected chi connectivity index (χ1v) is 8.20. The van der Waals surface area contributed by atoms with E-state index in [2.05, 4.69) is 19.6 Å². The van der Waals surface area contributed by atoms with Crippen LogP contribution in [0.5, 0.6) is 5.75 Å². The van der Waals surface area contributed by atoms with Crippen molar-refractivity contribution in [1.82, 2.24) is 14.5 Å². The number of methoxy groups -OCH3 is 1. The van der Waals surface area contributed by atoms with E-state index >= 15 is 0 Å². The van der Waals surface area contributed by atoms with Crippen LogP contribution in [0.1, 0.15) is 30.3 Å². The van der Waals surface area contributed by atoms with Gasteiger partial charge in [-0.15, -0.1) is 0 Å². The van der Waals surface area contributed by atoms with Gasteiger partial charge in [0.2, 0.25) is 0 Å². The molecule has 1 saturated carbocycles. The topological polar surface area (TPSA) is 59.4 Å². The smallest absolute Gasteiger partial charge is 0.322 e. The van der Waals surface area contributed by atoms with Gasteiger partial charge in [0.05, 0.1) is 25.7 Å². The Balaban J connectivity index is 1.47. The molecule has 0 unspecified atom stereocenters. The molecule has 1 aromatic carbocycles. The van der Waals surface area contributed by atoms with Crippen molar-refractivity contribution in [2.75, 3.05) is 19.0 Å². The van der Waals surface area contributed by atoms with Crippen LogP contribution in [0.15, 0.2) is 18.5 Å². The highest BCUT2D eigenvalue weighted by atomic mass is 19.1. The third kappa shape index (κ3) is 2.92. The molecule has 0 saturated heterocycles. The number of halogens is 2. The van der Waals surface area contributed by atoms with E-state index in [-0.39, 0.29) is 5.69 Å². The Kier molecular flexibility index (Phi) is 3.82. The molecule has 0 bridgehead atoms. The summed E-state index contributed by atoms with van der Waals surface area (Å²) in [5.41, 5.74) is 2.13. The van der Waals surface area contributed by atoms with Crippen LogP contribution < -0.4 is 10.1 Å². The van der Waals surface area contributed by atoms with Gasteiger partial charge in [0.25, 0.3) is 0 Å². The first-order valence-electron chi connectivity index (χ1n) is 8.20. The molecular formula is C17H18F2N4O2. The van der Waals surface area contributed by atoms with Gasteiger partial charge in [-0.3, -0.25) is 0 Å². The van der Waals surface area contributed by atoms with E-state index in [0.717, 1.165) is 24.2 Å². The van der Waals surface area contributed by atoms with Gasteiger partial charge in [-0.1, -0.05) is 0 Å². The summed E-state index contributed by atoms with van der Waals surface area (Å²) in [6.07, 6.45) is 4.94. The van der Waals surface area contributed by atoms with Gasteiger partial charge in [0, 0.05) is 42.5 Å². The van der Waals surface area contributed by atoms with Gasteiger partial charge in [0.15, 0.2) is 17.4 Å². The Hall–Kier alpha value is -2.64. The van der Waals surface area contributed by atoms with Crippen LogP contribution in [0, 0.1) is 11.6 Å². The number of hydrogen-bond donors (Lipinski definition) is 1. The van der Waals surface area contributed by atoms with E-state index < -0.39 is 23.4 Å². The second-order valence-corrected chi connectivity index (χ2v) is 6.35. The average molecular weight is 348 g/mol. The van der Waals surface area contributed by atoms with Crippen LogP contribution in [-0.4, -0.2) is 34.1 Å². The highest BCUT2D eigenvalue weighted by molar-refractivity contribution is 5.89. The fraction of sp³-hybridized carbons (Fsp3) is 0.412. The van der Waals surface area contributed by atoms with Crippen LogP contribution in [0.4, 0.5) is 19.3 Å². The van der Waals surface area contributed by atoms with E-state index in [0.29, 0.717) is 19.1 Å². The molecule has 1 N–H and O–H groups in total. The standard InChI is InChI=1S/C17H18F2N4O2/c1-25-16-12(18)6-10(7-13(16)19)21-17(24)22-5-4-15-14(8-22)20-9-23(15)11-2-3-11/h6-7,9,11H,2-5,8H2,1H3,(H,21,24). The lowest BCUT2D eigenvalue weighted by Gasteiger charge is -2.27. The van der Waals surface area contributed by atoms with Crippen molar-refractivity contribution in [2.24, 2.45) is 0 Å². The maximum absolute atomic E-state index is 13.7. The lowest BCUT2D eigenvalue weighted by Crippen LogP contribution is -2.39. The third-order valence-corrected chi connectivity index (χ3v) is 4.62. The molecule has 0 atom stereocenters. The summed E-state index contributed by atoms with van der Waals surface area (Å²) in [5, 5.41) is 2.53. The molecule has 8 heteroatoms. The molecule has 6 nitrogen and oxygen atoms in total. The zero-order valence-electron chi connectivity index (χ0n) is 13.8. The summed E-state index contributed by atoms with van der Waals surface area (Å²) in [5.74, 6) is -2.19. The number of imidazole rings is 1. The minimum absolute atomic E-state index is 0.0510. The number of amides is 2. The predicted octanol–water partition coefficient (Wildman–Crippen LogP) is 3.10. The Morgan fingerprint density at radius 1 is 1.32 bits per heavy atom. The number of carbonyl (C=O) groups is 1. The molecule has 132 valence electrons. The Labute approximate surface area is 143 Å². The van der Waals surface area contributed by atoms with E-state index in [9.17, 15) is 13.6 Å². The summed E-state index contributed by atoms with van der Waals surface area (Å²) in [4.78, 5) is 18.4. The molecule has 25 heavy (non-hydrogen) atoms. The van der Waals surface area contributed by atoms with Gasteiger partial charge < -0.3 is 19.5 Å². The van der Waals surface area contributed by atoms with Gasteiger partial charge >= 0.3 is 6.03 Å². The summed E-state index contributed by atoms with van der Waals surface area (Å²) in [7, 11) is 1.19. The number of hydrogen-bond acceptors (Lipinski definition) is 3. The van der Waals surface area contributed by atoms with Crippen molar-refractivity contribution in [3.8, 4) is 5.75 Å². The number of carbonyl (C=O) groups excluding carboxylic acids is 1. The van der Waals surface area contributed by atoms with Gasteiger partial charge in [-0.2, -0.15) is 0 Å². The number of nitrogens with one attached hydrogen (secondary N) is 1. The molecule has 2 heterocycles. The number of aromatic nitrogens is 2. The van der Waals surface area contributed by atoms with Crippen molar-refractivity contribution in [2.45, 2.75) is 31.8 Å². The highest BCUT2D eigenvalue weighted by Crippen LogP contribution is 2.37. The number of urea groups is 1. The van der Waals surface area contributed by atoms with E-state index in [1.165, 1.54) is 25.6 Å². The fourth-order valence-corrected chi connectivity index (χ4v) is 3.20. The molecule has 4 rings (SSSR count). The SMILES string of the molecule is COc1c(F)cc(NC(=O)N2CCc3c(ncn3C3CC3)C2)cc1F. The van der Waals surface area contributed by atoms with Crippen LogP contribution in [0.2, 0.25) is 0 Å². The maximum Gasteiger partial charge on any atom is 0.322 e. The summed E-state index contributed by atoms with van der Waals surface area (Å²) in [6.45, 7) is 0.931. The second-order valence-electron chi connectivity index (χ2n) is 6.35. The molecule has 2 aliphatic rings. The van der Waals surface area contributed by atoms with Crippen molar-refractivity contribution in [3.05, 3.63) is 41.5 Å². The van der Waals surface area contributed by atoms with Crippen molar-refractivity contribution < 1.29 is 18.3 Å². The number of fused-ring (bicyclic) bond motifs is 1. The lowest BCUT2D eigenvalue weighted by atomic mass is 10.1. The van der Waals surface area contributed by atoms with Crippen molar-refractivity contribution in [3.63, 3.8) is 0 Å². The Morgan fingerprint density at radius 3 is 2.68 bits per heavy atom. The second kappa shape index (κ2) is 6.02.